The molecule has 110 valence electrons. The van der Waals surface area contributed by atoms with Crippen LogP contribution >= 0.6 is 0 Å². The minimum Gasteiger partial charge on any atom is -0.372 e. The number of aromatic nitrogens is 3. The molecule has 0 bridgehead atoms. The number of hydrogen-bond acceptors (Lipinski definition) is 5. The lowest BCUT2D eigenvalue weighted by molar-refractivity contribution is 0.103. The van der Waals surface area contributed by atoms with E-state index >= 15 is 0 Å². The summed E-state index contributed by atoms with van der Waals surface area (Å²) in [6, 6.07) is 10.5. The average Bonchev–Trinajstić information content (AvgIpc) is 2.55. The van der Waals surface area contributed by atoms with E-state index in [2.05, 4.69) is 50.6 Å². The molecular formula is C17H16N4O. The van der Waals surface area contributed by atoms with Gasteiger partial charge in [-0.05, 0) is 28.8 Å². The Kier molecular flexibility index (Phi) is 3.01. The Balaban J connectivity index is 2.01. The molecule has 1 aromatic heterocycles. The second kappa shape index (κ2) is 5.03. The Morgan fingerprint density at radius 2 is 1.82 bits per heavy atom. The van der Waals surface area contributed by atoms with Crippen LogP contribution in [0.1, 0.15) is 17.0 Å². The Hall–Kier alpha value is -2.53. The van der Waals surface area contributed by atoms with Gasteiger partial charge in [0.1, 0.15) is 5.82 Å². The van der Waals surface area contributed by atoms with Crippen molar-refractivity contribution in [3.8, 4) is 11.4 Å². The van der Waals surface area contributed by atoms with Crippen molar-refractivity contribution in [2.24, 2.45) is 0 Å². The third kappa shape index (κ3) is 2.02. The van der Waals surface area contributed by atoms with Crippen molar-refractivity contribution in [2.75, 3.05) is 12.4 Å². The fraction of sp³-hybridized carbons (Fsp3) is 0.235. The van der Waals surface area contributed by atoms with Crippen LogP contribution in [0.4, 0.5) is 5.95 Å². The molecule has 0 saturated carbocycles. The van der Waals surface area contributed by atoms with Crippen LogP contribution < -0.4 is 5.32 Å². The number of nitrogens with zero attached hydrogens (tertiary/aromatic N) is 3. The third-order valence-corrected chi connectivity index (χ3v) is 3.94. The van der Waals surface area contributed by atoms with Gasteiger partial charge in [0.05, 0.1) is 13.2 Å². The lowest BCUT2D eigenvalue weighted by Crippen LogP contribution is -2.06. The van der Waals surface area contributed by atoms with Gasteiger partial charge in [0, 0.05) is 12.6 Å². The van der Waals surface area contributed by atoms with Crippen LogP contribution in [0.15, 0.2) is 30.3 Å². The number of ether oxygens (including phenoxy) is 1. The molecule has 2 heterocycles. The van der Waals surface area contributed by atoms with E-state index in [0.29, 0.717) is 30.8 Å². The zero-order valence-corrected chi connectivity index (χ0v) is 12.6. The van der Waals surface area contributed by atoms with Gasteiger partial charge in [-0.1, -0.05) is 30.3 Å². The molecule has 5 nitrogen and oxygen atoms in total. The number of rotatable bonds is 2. The van der Waals surface area contributed by atoms with Crippen LogP contribution in [0, 0.1) is 6.92 Å². The first-order chi connectivity index (χ1) is 10.8. The lowest BCUT2D eigenvalue weighted by Gasteiger charge is -2.19. The molecule has 0 atom stereocenters. The van der Waals surface area contributed by atoms with Crippen LogP contribution in [0.3, 0.4) is 0 Å². The predicted octanol–water partition coefficient (Wildman–Crippen LogP) is 3.07. The Labute approximate surface area is 128 Å². The average molecular weight is 292 g/mol. The van der Waals surface area contributed by atoms with Gasteiger partial charge in [-0.15, -0.1) is 0 Å². The van der Waals surface area contributed by atoms with Crippen LogP contribution in [-0.2, 0) is 18.0 Å². The summed E-state index contributed by atoms with van der Waals surface area (Å²) in [7, 11) is 1.81. The highest BCUT2D eigenvalue weighted by atomic mass is 16.5. The summed E-state index contributed by atoms with van der Waals surface area (Å²) in [5.41, 5.74) is 3.48. The summed E-state index contributed by atoms with van der Waals surface area (Å²) in [5.74, 6) is 2.00. The van der Waals surface area contributed by atoms with Gasteiger partial charge >= 0.3 is 0 Å². The van der Waals surface area contributed by atoms with Crippen LogP contribution in [0.2, 0.25) is 0 Å². The molecule has 0 saturated heterocycles. The first-order valence-electron chi connectivity index (χ1n) is 7.28. The molecule has 0 unspecified atom stereocenters. The monoisotopic (exact) mass is 292 g/mol. The van der Waals surface area contributed by atoms with Crippen molar-refractivity contribution in [1.82, 2.24) is 15.0 Å². The number of aryl methyl sites for hydroxylation is 1. The van der Waals surface area contributed by atoms with Crippen molar-refractivity contribution >= 4 is 16.7 Å². The van der Waals surface area contributed by atoms with E-state index in [1.165, 1.54) is 21.9 Å². The summed E-state index contributed by atoms with van der Waals surface area (Å²) in [5, 5.41) is 5.43. The van der Waals surface area contributed by atoms with Crippen molar-refractivity contribution < 1.29 is 4.74 Å². The minimum absolute atomic E-state index is 0.589. The second-order valence-corrected chi connectivity index (χ2v) is 5.38. The molecule has 4 rings (SSSR count). The fourth-order valence-electron chi connectivity index (χ4n) is 2.98. The van der Waals surface area contributed by atoms with Crippen LogP contribution in [0.25, 0.3) is 22.2 Å². The molecular weight excluding hydrogens is 276 g/mol. The Morgan fingerprint density at radius 3 is 2.64 bits per heavy atom. The maximum atomic E-state index is 5.64. The van der Waals surface area contributed by atoms with Crippen molar-refractivity contribution in [3.05, 3.63) is 47.3 Å². The van der Waals surface area contributed by atoms with Gasteiger partial charge in [-0.25, -0.2) is 4.98 Å². The van der Waals surface area contributed by atoms with Gasteiger partial charge in [-0.2, -0.15) is 9.97 Å². The SMILES string of the molecule is CNc1nc(C)nc(-c2ccc3c4c(cccc24)COC3)n1. The van der Waals surface area contributed by atoms with E-state index in [9.17, 15) is 0 Å². The molecule has 1 N–H and O–H groups in total. The molecule has 2 aromatic carbocycles. The molecule has 5 heteroatoms. The first kappa shape index (κ1) is 13.2. The fourth-order valence-corrected chi connectivity index (χ4v) is 2.98. The summed E-state index contributed by atoms with van der Waals surface area (Å²) >= 11 is 0. The molecule has 0 fully saturated rings. The van der Waals surface area contributed by atoms with Gasteiger partial charge in [0.25, 0.3) is 0 Å². The highest BCUT2D eigenvalue weighted by molar-refractivity contribution is 5.99. The second-order valence-electron chi connectivity index (χ2n) is 5.38. The van der Waals surface area contributed by atoms with Crippen LogP contribution in [-0.4, -0.2) is 22.0 Å². The molecule has 1 aliphatic heterocycles. The van der Waals surface area contributed by atoms with Gasteiger partial charge in [0.15, 0.2) is 5.82 Å². The van der Waals surface area contributed by atoms with E-state index in [1.807, 2.05) is 14.0 Å². The quantitative estimate of drug-likeness (QED) is 0.786. The van der Waals surface area contributed by atoms with E-state index < -0.39 is 0 Å². The van der Waals surface area contributed by atoms with Gasteiger partial charge in [-0.3, -0.25) is 0 Å². The van der Waals surface area contributed by atoms with Gasteiger partial charge in [0.2, 0.25) is 5.95 Å². The molecule has 1 aliphatic rings. The van der Waals surface area contributed by atoms with Crippen molar-refractivity contribution in [2.45, 2.75) is 20.1 Å². The molecule has 0 spiro atoms. The highest BCUT2D eigenvalue weighted by Crippen LogP contribution is 2.34. The third-order valence-electron chi connectivity index (χ3n) is 3.94. The maximum absolute atomic E-state index is 5.64. The Bertz CT molecular complexity index is 866. The molecule has 22 heavy (non-hydrogen) atoms. The molecule has 0 amide bonds. The van der Waals surface area contributed by atoms with Crippen molar-refractivity contribution in [3.63, 3.8) is 0 Å². The largest absolute Gasteiger partial charge is 0.372 e. The summed E-state index contributed by atoms with van der Waals surface area (Å²) in [6.45, 7) is 3.20. The van der Waals surface area contributed by atoms with E-state index in [-0.39, 0.29) is 0 Å². The standard InChI is InChI=1S/C17H16N4O/c1-10-19-16(21-17(18-2)20-10)14-7-6-12-9-22-8-11-4-3-5-13(14)15(11)12/h3-7H,8-9H2,1-2H3,(H,18,19,20,21). The zero-order chi connectivity index (χ0) is 15.1. The smallest absolute Gasteiger partial charge is 0.226 e. The maximum Gasteiger partial charge on any atom is 0.226 e. The topological polar surface area (TPSA) is 59.9 Å². The summed E-state index contributed by atoms with van der Waals surface area (Å²) in [6.07, 6.45) is 0. The Morgan fingerprint density at radius 1 is 1.00 bits per heavy atom. The van der Waals surface area contributed by atoms with E-state index in [0.717, 1.165) is 5.56 Å². The molecule has 0 aliphatic carbocycles. The van der Waals surface area contributed by atoms with Crippen LogP contribution in [0.5, 0.6) is 0 Å². The number of benzene rings is 2. The summed E-state index contributed by atoms with van der Waals surface area (Å²) < 4.78 is 5.64. The predicted molar refractivity (Wildman–Crippen MR) is 85.5 cm³/mol. The normalized spacial score (nSPS) is 13.4. The van der Waals surface area contributed by atoms with Gasteiger partial charge < -0.3 is 10.1 Å². The minimum atomic E-state index is 0.589. The molecule has 0 radical (unpaired) electrons. The van der Waals surface area contributed by atoms with E-state index in [4.69, 9.17) is 4.74 Å². The van der Waals surface area contributed by atoms with E-state index in [1.54, 1.807) is 0 Å². The highest BCUT2D eigenvalue weighted by Gasteiger charge is 2.17. The van der Waals surface area contributed by atoms with Crippen molar-refractivity contribution in [1.29, 1.82) is 0 Å². The summed E-state index contributed by atoms with van der Waals surface area (Å²) in [4.78, 5) is 13.3. The number of anilines is 1. The number of hydrogen-bond donors (Lipinski definition) is 1. The number of nitrogens with one attached hydrogen (secondary N) is 1. The zero-order valence-electron chi connectivity index (χ0n) is 12.6. The lowest BCUT2D eigenvalue weighted by atomic mass is 9.94. The molecule has 3 aromatic rings. The first-order valence-corrected chi connectivity index (χ1v) is 7.28.